The van der Waals surface area contributed by atoms with Crippen LogP contribution < -0.4 is 0 Å². The number of esters is 1. The van der Waals surface area contributed by atoms with Gasteiger partial charge in [0.25, 0.3) is 0 Å². The van der Waals surface area contributed by atoms with Crippen LogP contribution in [0.2, 0.25) is 0 Å². The number of sulfone groups is 1. The lowest BCUT2D eigenvalue weighted by Gasteiger charge is -2.09. The molecule has 2 unspecified atom stereocenters. The number of carbonyl (C=O) groups excluding carboxylic acids is 1. The fourth-order valence-corrected chi connectivity index (χ4v) is 3.77. The van der Waals surface area contributed by atoms with E-state index in [1.54, 1.807) is 13.8 Å². The Bertz CT molecular complexity index is 347. The summed E-state index contributed by atoms with van der Waals surface area (Å²) < 4.78 is 37.9. The minimum absolute atomic E-state index is 0.0720. The first-order chi connectivity index (χ1) is 7.26. The van der Waals surface area contributed by atoms with E-state index >= 15 is 0 Å². The van der Waals surface area contributed by atoms with Crippen LogP contribution in [0.1, 0.15) is 13.8 Å². The molecule has 0 aromatic heterocycles. The Labute approximate surface area is 98.9 Å². The van der Waals surface area contributed by atoms with Gasteiger partial charge in [0.15, 0.2) is 0 Å². The molecule has 0 fully saturated rings. The Morgan fingerprint density at radius 1 is 1.44 bits per heavy atom. The van der Waals surface area contributed by atoms with E-state index in [9.17, 15) is 17.4 Å². The van der Waals surface area contributed by atoms with Crippen LogP contribution in [-0.4, -0.2) is 48.7 Å². The second-order valence-corrected chi connectivity index (χ2v) is 7.47. The largest absolute Gasteiger partial charge is 0.466 e. The molecule has 0 aliphatic heterocycles. The van der Waals surface area contributed by atoms with E-state index in [1.165, 1.54) is 0 Å². The predicted molar refractivity (Wildman–Crippen MR) is 63.4 cm³/mol. The number of rotatable bonds is 7. The van der Waals surface area contributed by atoms with Gasteiger partial charge in [0.2, 0.25) is 0 Å². The summed E-state index contributed by atoms with van der Waals surface area (Å²) in [6.07, 6.45) is 1.10. The molecule has 0 rings (SSSR count). The first kappa shape index (κ1) is 15.6. The molecule has 0 heterocycles. The molecule has 7 heteroatoms. The molecule has 5 nitrogen and oxygen atoms in total. The van der Waals surface area contributed by atoms with E-state index in [4.69, 9.17) is 4.74 Å². The van der Waals surface area contributed by atoms with E-state index in [1.807, 2.05) is 0 Å². The Balaban J connectivity index is 4.01. The maximum Gasteiger partial charge on any atom is 0.309 e. The van der Waals surface area contributed by atoms with Crippen molar-refractivity contribution in [2.45, 2.75) is 13.8 Å². The molecule has 16 heavy (non-hydrogen) atoms. The topological polar surface area (TPSA) is 77.5 Å². The van der Waals surface area contributed by atoms with Gasteiger partial charge in [-0.3, -0.25) is 9.00 Å². The molecule has 0 aliphatic rings. The van der Waals surface area contributed by atoms with E-state index < -0.39 is 32.5 Å². The van der Waals surface area contributed by atoms with Crippen molar-refractivity contribution in [3.8, 4) is 0 Å². The minimum Gasteiger partial charge on any atom is -0.466 e. The van der Waals surface area contributed by atoms with Crippen molar-refractivity contribution in [1.29, 1.82) is 0 Å². The summed E-state index contributed by atoms with van der Waals surface area (Å²) in [6.45, 7) is 3.61. The van der Waals surface area contributed by atoms with Crippen LogP contribution >= 0.6 is 0 Å². The smallest absolute Gasteiger partial charge is 0.309 e. The van der Waals surface area contributed by atoms with Crippen molar-refractivity contribution in [1.82, 2.24) is 0 Å². The van der Waals surface area contributed by atoms with Crippen LogP contribution in [0.4, 0.5) is 0 Å². The minimum atomic E-state index is -3.09. The van der Waals surface area contributed by atoms with Gasteiger partial charge in [0.1, 0.15) is 9.84 Å². The molecule has 0 aliphatic carbocycles. The lowest BCUT2D eigenvalue weighted by atomic mass is 10.2. The maximum absolute atomic E-state index is 11.4. The summed E-state index contributed by atoms with van der Waals surface area (Å²) in [5.74, 6) is -0.748. The van der Waals surface area contributed by atoms with Crippen molar-refractivity contribution in [3.63, 3.8) is 0 Å². The van der Waals surface area contributed by atoms with Crippen LogP contribution in [0.25, 0.3) is 0 Å². The van der Waals surface area contributed by atoms with Crippen molar-refractivity contribution in [3.05, 3.63) is 0 Å². The molecule has 0 saturated carbocycles. The Hall–Kier alpha value is -0.430. The average Bonchev–Trinajstić information content (AvgIpc) is 2.14. The second kappa shape index (κ2) is 7.01. The van der Waals surface area contributed by atoms with Crippen molar-refractivity contribution in [2.75, 3.05) is 30.1 Å². The normalized spacial score (nSPS) is 15.4. The number of hydrogen-bond acceptors (Lipinski definition) is 5. The third kappa shape index (κ3) is 7.81. The zero-order valence-electron chi connectivity index (χ0n) is 9.76. The summed E-state index contributed by atoms with van der Waals surface area (Å²) >= 11 is 0. The first-order valence-corrected chi connectivity index (χ1v) is 8.50. The summed E-state index contributed by atoms with van der Waals surface area (Å²) in [4.78, 5) is 11.2. The van der Waals surface area contributed by atoms with Crippen LogP contribution in [0, 0.1) is 5.92 Å². The zero-order chi connectivity index (χ0) is 12.8. The van der Waals surface area contributed by atoms with Gasteiger partial charge in [0, 0.05) is 28.6 Å². The van der Waals surface area contributed by atoms with E-state index in [0.717, 1.165) is 6.26 Å². The van der Waals surface area contributed by atoms with Crippen LogP contribution in [-0.2, 0) is 30.2 Å². The van der Waals surface area contributed by atoms with Crippen molar-refractivity contribution < 1.29 is 22.2 Å². The van der Waals surface area contributed by atoms with Crippen LogP contribution in [0.3, 0.4) is 0 Å². The highest BCUT2D eigenvalue weighted by molar-refractivity contribution is 7.92. The van der Waals surface area contributed by atoms with Gasteiger partial charge >= 0.3 is 5.97 Å². The molecule has 0 aromatic carbocycles. The number of ether oxygens (including phenoxy) is 1. The highest BCUT2D eigenvalue weighted by Gasteiger charge is 2.17. The predicted octanol–water partition coefficient (Wildman–Crippen LogP) is -0.0211. The summed E-state index contributed by atoms with van der Waals surface area (Å²) in [5, 5.41) is 0. The lowest BCUT2D eigenvalue weighted by molar-refractivity contribution is -0.146. The highest BCUT2D eigenvalue weighted by Crippen LogP contribution is 2.02. The fraction of sp³-hybridized carbons (Fsp3) is 0.889. The summed E-state index contributed by atoms with van der Waals surface area (Å²) in [5.41, 5.74) is 0. The molecule has 0 radical (unpaired) electrons. The van der Waals surface area contributed by atoms with Gasteiger partial charge < -0.3 is 4.74 Å². The third-order valence-electron chi connectivity index (χ3n) is 1.81. The highest BCUT2D eigenvalue weighted by atomic mass is 32.2. The van der Waals surface area contributed by atoms with Gasteiger partial charge in [-0.25, -0.2) is 8.42 Å². The van der Waals surface area contributed by atoms with Gasteiger partial charge in [-0.15, -0.1) is 0 Å². The standard InChI is InChI=1S/C9H18O5S2/c1-4-14-9(10)8(2)7-15(11)5-6-16(3,12)13/h8H,4-7H2,1-3H3. The third-order valence-corrected chi connectivity index (χ3v) is 4.54. The second-order valence-electron chi connectivity index (χ2n) is 3.59. The van der Waals surface area contributed by atoms with Crippen LogP contribution in [0.15, 0.2) is 0 Å². The molecule has 96 valence electrons. The average molecular weight is 270 g/mol. The molecule has 0 aromatic rings. The summed E-state index contributed by atoms with van der Waals surface area (Å²) in [6, 6.07) is 0. The van der Waals surface area contributed by atoms with Gasteiger partial charge in [-0.05, 0) is 6.92 Å². The number of hydrogen-bond donors (Lipinski definition) is 0. The zero-order valence-corrected chi connectivity index (χ0v) is 11.4. The van der Waals surface area contributed by atoms with Crippen molar-refractivity contribution >= 4 is 26.6 Å². The molecular weight excluding hydrogens is 252 g/mol. The lowest BCUT2D eigenvalue weighted by Crippen LogP contribution is -2.23. The monoisotopic (exact) mass is 270 g/mol. The van der Waals surface area contributed by atoms with E-state index in [-0.39, 0.29) is 17.3 Å². The molecule has 0 N–H and O–H groups in total. The molecule has 0 amide bonds. The van der Waals surface area contributed by atoms with E-state index in [0.29, 0.717) is 6.61 Å². The Kier molecular flexibility index (Phi) is 6.82. The Morgan fingerprint density at radius 2 is 2.00 bits per heavy atom. The van der Waals surface area contributed by atoms with Gasteiger partial charge in [-0.2, -0.15) is 0 Å². The first-order valence-electron chi connectivity index (χ1n) is 4.95. The molecule has 2 atom stereocenters. The fourth-order valence-electron chi connectivity index (χ4n) is 0.959. The molecule has 0 spiro atoms. The Morgan fingerprint density at radius 3 is 2.44 bits per heavy atom. The molecule has 0 saturated heterocycles. The molecular formula is C9H18O5S2. The van der Waals surface area contributed by atoms with Gasteiger partial charge in [0.05, 0.1) is 18.3 Å². The quantitative estimate of drug-likeness (QED) is 0.608. The SMILES string of the molecule is CCOC(=O)C(C)CS(=O)CCS(C)(=O)=O. The summed E-state index contributed by atoms with van der Waals surface area (Å²) in [7, 11) is -4.40. The van der Waals surface area contributed by atoms with Crippen molar-refractivity contribution in [2.24, 2.45) is 5.92 Å². The number of carbonyl (C=O) groups is 1. The van der Waals surface area contributed by atoms with Crippen LogP contribution in [0.5, 0.6) is 0 Å². The maximum atomic E-state index is 11.4. The van der Waals surface area contributed by atoms with Gasteiger partial charge in [-0.1, -0.05) is 6.92 Å². The van der Waals surface area contributed by atoms with E-state index in [2.05, 4.69) is 0 Å². The molecule has 0 bridgehead atoms.